The van der Waals surface area contributed by atoms with Gasteiger partial charge >= 0.3 is 0 Å². The first-order chi connectivity index (χ1) is 26.3. The number of rotatable bonds is 7. The minimum atomic E-state index is 1.19. The molecular weight excluding hydrogens is 637 g/mol. The van der Waals surface area contributed by atoms with Gasteiger partial charge < -0.3 is 0 Å². The van der Waals surface area contributed by atoms with Gasteiger partial charge in [0.1, 0.15) is 0 Å². The summed E-state index contributed by atoms with van der Waals surface area (Å²) in [5.41, 5.74) is 18.3. The van der Waals surface area contributed by atoms with Gasteiger partial charge in [-0.15, -0.1) is 0 Å². The molecule has 0 aliphatic carbocycles. The van der Waals surface area contributed by atoms with Crippen molar-refractivity contribution < 1.29 is 0 Å². The Balaban J connectivity index is 1.58. The van der Waals surface area contributed by atoms with Crippen molar-refractivity contribution in [2.75, 3.05) is 0 Å². The zero-order valence-electron chi connectivity index (χ0n) is 29.7. The SMILES string of the molecule is Cc1c(-c2ccccc2)c(-c2ccccc2-c2ccccc2)c(-c2ccccc2-c2ccccc2)c(-c2cccc3ccccc23)c1-c1ccccc1. The zero-order chi connectivity index (χ0) is 35.6. The average Bonchev–Trinajstić information content (AvgIpc) is 3.24. The van der Waals surface area contributed by atoms with Crippen LogP contribution in [0.1, 0.15) is 5.56 Å². The second-order valence-corrected chi connectivity index (χ2v) is 13.6. The minimum absolute atomic E-state index is 1.19. The molecule has 9 aromatic carbocycles. The normalized spacial score (nSPS) is 11.1. The Hall–Kier alpha value is -6.76. The van der Waals surface area contributed by atoms with Gasteiger partial charge in [0.2, 0.25) is 0 Å². The molecule has 0 radical (unpaired) electrons. The Morgan fingerprint density at radius 2 is 0.547 bits per heavy atom. The maximum Gasteiger partial charge on any atom is -0.000744 e. The third-order valence-corrected chi connectivity index (χ3v) is 10.5. The lowest BCUT2D eigenvalue weighted by Gasteiger charge is -2.29. The molecule has 0 saturated carbocycles. The van der Waals surface area contributed by atoms with E-state index >= 15 is 0 Å². The van der Waals surface area contributed by atoms with Crippen molar-refractivity contribution in [3.63, 3.8) is 0 Å². The maximum atomic E-state index is 2.33. The molecule has 0 bridgehead atoms. The van der Waals surface area contributed by atoms with Crippen molar-refractivity contribution in [3.05, 3.63) is 218 Å². The number of hydrogen-bond acceptors (Lipinski definition) is 0. The summed E-state index contributed by atoms with van der Waals surface area (Å²) >= 11 is 0. The van der Waals surface area contributed by atoms with Crippen LogP contribution >= 0.6 is 0 Å². The van der Waals surface area contributed by atoms with E-state index in [9.17, 15) is 0 Å². The van der Waals surface area contributed by atoms with Crippen molar-refractivity contribution >= 4 is 10.8 Å². The molecule has 0 amide bonds. The summed E-state index contributed by atoms with van der Waals surface area (Å²) in [6.45, 7) is 2.33. The van der Waals surface area contributed by atoms with Crippen LogP contribution in [0.3, 0.4) is 0 Å². The van der Waals surface area contributed by atoms with Gasteiger partial charge in [0.25, 0.3) is 0 Å². The van der Waals surface area contributed by atoms with E-state index in [1.165, 1.54) is 94.2 Å². The van der Waals surface area contributed by atoms with Crippen LogP contribution in [-0.2, 0) is 0 Å². The van der Waals surface area contributed by atoms with Gasteiger partial charge in [0.15, 0.2) is 0 Å². The lowest BCUT2D eigenvalue weighted by atomic mass is 9.73. The molecule has 0 aliphatic heterocycles. The van der Waals surface area contributed by atoms with Crippen LogP contribution in [0.5, 0.6) is 0 Å². The third kappa shape index (κ3) is 5.85. The number of hydrogen-bond donors (Lipinski definition) is 0. The zero-order valence-corrected chi connectivity index (χ0v) is 29.7. The largest absolute Gasteiger partial charge is 0.0622 e. The molecule has 0 aliphatic rings. The molecule has 53 heavy (non-hydrogen) atoms. The molecule has 250 valence electrons. The smallest absolute Gasteiger partial charge is 0.000744 e. The van der Waals surface area contributed by atoms with Crippen molar-refractivity contribution in [1.82, 2.24) is 0 Å². The van der Waals surface area contributed by atoms with Crippen LogP contribution in [0.4, 0.5) is 0 Å². The van der Waals surface area contributed by atoms with Gasteiger partial charge in [0, 0.05) is 0 Å². The first-order valence-corrected chi connectivity index (χ1v) is 18.4. The highest BCUT2D eigenvalue weighted by Crippen LogP contribution is 2.56. The predicted molar refractivity (Wildman–Crippen MR) is 227 cm³/mol. The molecule has 9 rings (SSSR count). The van der Waals surface area contributed by atoms with Crippen LogP contribution in [0.25, 0.3) is 88.7 Å². The first-order valence-electron chi connectivity index (χ1n) is 18.4. The van der Waals surface area contributed by atoms with Crippen LogP contribution in [0.15, 0.2) is 212 Å². The van der Waals surface area contributed by atoms with Gasteiger partial charge in [-0.1, -0.05) is 212 Å². The van der Waals surface area contributed by atoms with Crippen LogP contribution in [-0.4, -0.2) is 0 Å². The molecule has 9 aromatic rings. The quantitative estimate of drug-likeness (QED) is 0.158. The van der Waals surface area contributed by atoms with Crippen molar-refractivity contribution in [1.29, 1.82) is 0 Å². The van der Waals surface area contributed by atoms with E-state index in [0.29, 0.717) is 0 Å². The monoisotopic (exact) mass is 674 g/mol. The lowest BCUT2D eigenvalue weighted by Crippen LogP contribution is -2.03. The highest BCUT2D eigenvalue weighted by molar-refractivity contribution is 6.15. The summed E-state index contributed by atoms with van der Waals surface area (Å²) in [4.78, 5) is 0. The van der Waals surface area contributed by atoms with Crippen molar-refractivity contribution in [3.8, 4) is 77.9 Å². The molecule has 0 unspecified atom stereocenters. The van der Waals surface area contributed by atoms with Crippen LogP contribution < -0.4 is 0 Å². The average molecular weight is 675 g/mol. The van der Waals surface area contributed by atoms with E-state index in [1.807, 2.05) is 0 Å². The van der Waals surface area contributed by atoms with E-state index < -0.39 is 0 Å². The molecule has 0 atom stereocenters. The molecule has 0 heterocycles. The van der Waals surface area contributed by atoms with E-state index in [2.05, 4.69) is 219 Å². The molecule has 0 aromatic heterocycles. The second kappa shape index (κ2) is 14.1. The summed E-state index contributed by atoms with van der Waals surface area (Å²) < 4.78 is 0. The summed E-state index contributed by atoms with van der Waals surface area (Å²) in [5.74, 6) is 0. The fourth-order valence-electron chi connectivity index (χ4n) is 8.20. The Morgan fingerprint density at radius 3 is 1.04 bits per heavy atom. The Bertz CT molecular complexity index is 2680. The summed E-state index contributed by atoms with van der Waals surface area (Å²) in [7, 11) is 0. The Labute approximate surface area is 312 Å². The first kappa shape index (κ1) is 32.2. The fourth-order valence-corrected chi connectivity index (χ4v) is 8.20. The summed E-state index contributed by atoms with van der Waals surface area (Å²) in [5, 5.41) is 2.46. The van der Waals surface area contributed by atoms with Gasteiger partial charge in [-0.2, -0.15) is 0 Å². The van der Waals surface area contributed by atoms with E-state index in [0.717, 1.165) is 0 Å². The number of fused-ring (bicyclic) bond motifs is 1. The van der Waals surface area contributed by atoms with Crippen molar-refractivity contribution in [2.24, 2.45) is 0 Å². The predicted octanol–water partition coefficient (Wildman–Crippen LogP) is 14.8. The highest BCUT2D eigenvalue weighted by Gasteiger charge is 2.29. The van der Waals surface area contributed by atoms with Gasteiger partial charge in [0.05, 0.1) is 0 Å². The van der Waals surface area contributed by atoms with Crippen LogP contribution in [0, 0.1) is 6.92 Å². The van der Waals surface area contributed by atoms with Crippen molar-refractivity contribution in [2.45, 2.75) is 6.92 Å². The van der Waals surface area contributed by atoms with Gasteiger partial charge in [-0.3, -0.25) is 0 Å². The molecule has 0 fully saturated rings. The van der Waals surface area contributed by atoms with E-state index in [1.54, 1.807) is 0 Å². The standard InChI is InChI=1S/C53H38/c1-37-49(41-26-10-4-11-27-41)51(46-34-18-16-32-43(46)38-21-6-2-7-22-38)53(47-35-19-17-33-44(47)39-23-8-3-9-24-39)52(50(37)42-28-12-5-13-29-42)48-36-20-30-40-25-14-15-31-45(40)48/h2-36H,1H3. The second-order valence-electron chi connectivity index (χ2n) is 13.6. The summed E-state index contributed by atoms with van der Waals surface area (Å²) in [6.07, 6.45) is 0. The molecule has 0 saturated heterocycles. The Morgan fingerprint density at radius 1 is 0.226 bits per heavy atom. The molecule has 0 spiro atoms. The fraction of sp³-hybridized carbons (Fsp3) is 0.0189. The number of benzene rings is 9. The van der Waals surface area contributed by atoms with E-state index in [4.69, 9.17) is 0 Å². The van der Waals surface area contributed by atoms with Gasteiger partial charge in [-0.05, 0) is 101 Å². The molecular formula is C53H38. The van der Waals surface area contributed by atoms with Gasteiger partial charge in [-0.25, -0.2) is 0 Å². The molecule has 0 N–H and O–H groups in total. The topological polar surface area (TPSA) is 0 Å². The maximum absolute atomic E-state index is 2.33. The van der Waals surface area contributed by atoms with Crippen LogP contribution in [0.2, 0.25) is 0 Å². The minimum Gasteiger partial charge on any atom is -0.0622 e. The highest BCUT2D eigenvalue weighted by atomic mass is 14.3. The summed E-state index contributed by atoms with van der Waals surface area (Å²) in [6, 6.07) is 77.3. The molecule has 0 nitrogen and oxygen atoms in total. The molecule has 0 heteroatoms. The third-order valence-electron chi connectivity index (χ3n) is 10.5. The lowest BCUT2D eigenvalue weighted by molar-refractivity contribution is 1.43. The van der Waals surface area contributed by atoms with E-state index in [-0.39, 0.29) is 0 Å². The Kier molecular flexibility index (Phi) is 8.56.